The largest absolute Gasteiger partial charge is 0.355 e. The van der Waals surface area contributed by atoms with E-state index in [0.29, 0.717) is 6.54 Å². The molecule has 0 aliphatic rings. The van der Waals surface area contributed by atoms with Gasteiger partial charge in [0, 0.05) is 16.5 Å². The molecule has 0 fully saturated rings. The van der Waals surface area contributed by atoms with Crippen LogP contribution in [0.3, 0.4) is 0 Å². The molecular weight excluding hydrogens is 326 g/mol. The second kappa shape index (κ2) is 8.99. The lowest BCUT2D eigenvalue weighted by molar-refractivity contribution is -0.120. The zero-order valence-corrected chi connectivity index (χ0v) is 15.1. The Morgan fingerprint density at radius 1 is 1.13 bits per heavy atom. The molecule has 122 valence electrons. The van der Waals surface area contributed by atoms with Gasteiger partial charge in [-0.2, -0.15) is 0 Å². The van der Waals surface area contributed by atoms with Crippen LogP contribution in [0.15, 0.2) is 53.4 Å². The minimum absolute atomic E-state index is 0.0895. The summed E-state index contributed by atoms with van der Waals surface area (Å²) in [5.74, 6) is 0.0895. The molecule has 1 unspecified atom stereocenters. The Balaban J connectivity index is 1.69. The standard InChI is InChI=1S/C19H22ClNOS/c1-14-5-11-18(12-6-14)23-15(2)19(22)21-13-3-4-16-7-9-17(20)10-8-16/h5-12,15H,3-4,13H2,1-2H3,(H,21,22). The van der Waals surface area contributed by atoms with Crippen molar-refractivity contribution in [3.63, 3.8) is 0 Å². The number of hydrogen-bond acceptors (Lipinski definition) is 2. The summed E-state index contributed by atoms with van der Waals surface area (Å²) in [6.45, 7) is 4.70. The van der Waals surface area contributed by atoms with E-state index in [9.17, 15) is 4.79 Å². The zero-order chi connectivity index (χ0) is 16.7. The Hall–Kier alpha value is -1.45. The van der Waals surface area contributed by atoms with Crippen LogP contribution in [0.1, 0.15) is 24.5 Å². The normalized spacial score (nSPS) is 12.0. The minimum Gasteiger partial charge on any atom is -0.355 e. The average molecular weight is 348 g/mol. The predicted octanol–water partition coefficient (Wildman–Crippen LogP) is 4.88. The van der Waals surface area contributed by atoms with Crippen LogP contribution in [0, 0.1) is 6.92 Å². The van der Waals surface area contributed by atoms with Gasteiger partial charge in [-0.3, -0.25) is 4.79 Å². The van der Waals surface area contributed by atoms with E-state index in [4.69, 9.17) is 11.6 Å². The molecule has 2 aromatic carbocycles. The first-order valence-corrected chi connectivity index (χ1v) is 9.06. The topological polar surface area (TPSA) is 29.1 Å². The number of rotatable bonds is 7. The second-order valence-electron chi connectivity index (χ2n) is 5.59. The quantitative estimate of drug-likeness (QED) is 0.571. The van der Waals surface area contributed by atoms with Crippen LogP contribution in [0.5, 0.6) is 0 Å². The molecule has 0 spiro atoms. The van der Waals surface area contributed by atoms with Gasteiger partial charge in [-0.15, -0.1) is 11.8 Å². The van der Waals surface area contributed by atoms with Gasteiger partial charge in [0.25, 0.3) is 0 Å². The van der Waals surface area contributed by atoms with Crippen molar-refractivity contribution >= 4 is 29.3 Å². The average Bonchev–Trinajstić information content (AvgIpc) is 2.55. The molecule has 0 radical (unpaired) electrons. The highest BCUT2D eigenvalue weighted by Gasteiger charge is 2.13. The molecule has 2 rings (SSSR count). The number of hydrogen-bond donors (Lipinski definition) is 1. The maximum absolute atomic E-state index is 12.1. The Morgan fingerprint density at radius 2 is 1.78 bits per heavy atom. The van der Waals surface area contributed by atoms with Crippen molar-refractivity contribution in [2.24, 2.45) is 0 Å². The third-order valence-electron chi connectivity index (χ3n) is 3.56. The van der Waals surface area contributed by atoms with Gasteiger partial charge in [0.05, 0.1) is 5.25 Å². The van der Waals surface area contributed by atoms with E-state index >= 15 is 0 Å². The molecule has 0 saturated carbocycles. The van der Waals surface area contributed by atoms with E-state index in [2.05, 4.69) is 36.5 Å². The van der Waals surface area contributed by atoms with Gasteiger partial charge in [-0.1, -0.05) is 41.4 Å². The summed E-state index contributed by atoms with van der Waals surface area (Å²) in [6.07, 6.45) is 1.87. The summed E-state index contributed by atoms with van der Waals surface area (Å²) >= 11 is 7.45. The number of aryl methyl sites for hydroxylation is 2. The van der Waals surface area contributed by atoms with E-state index < -0.39 is 0 Å². The first-order chi connectivity index (χ1) is 11.0. The molecule has 4 heteroatoms. The summed E-state index contributed by atoms with van der Waals surface area (Å²) in [4.78, 5) is 13.2. The molecule has 0 bridgehead atoms. The van der Waals surface area contributed by atoms with Crippen LogP contribution in [-0.2, 0) is 11.2 Å². The first kappa shape index (κ1) is 17.9. The number of carbonyl (C=O) groups is 1. The van der Waals surface area contributed by atoms with Crippen molar-refractivity contribution < 1.29 is 4.79 Å². The molecule has 1 N–H and O–H groups in total. The summed E-state index contributed by atoms with van der Waals surface area (Å²) in [7, 11) is 0. The van der Waals surface area contributed by atoms with Gasteiger partial charge in [0.2, 0.25) is 5.91 Å². The summed E-state index contributed by atoms with van der Waals surface area (Å²) in [6, 6.07) is 16.1. The lowest BCUT2D eigenvalue weighted by atomic mass is 10.1. The smallest absolute Gasteiger partial charge is 0.233 e. The van der Waals surface area contributed by atoms with E-state index in [0.717, 1.165) is 22.8 Å². The highest BCUT2D eigenvalue weighted by atomic mass is 35.5. The fraction of sp³-hybridized carbons (Fsp3) is 0.316. The Bertz CT molecular complexity index is 625. The first-order valence-electron chi connectivity index (χ1n) is 7.80. The van der Waals surface area contributed by atoms with Crippen molar-refractivity contribution in [2.75, 3.05) is 6.54 Å². The number of halogens is 1. The molecule has 1 atom stereocenters. The van der Waals surface area contributed by atoms with Gasteiger partial charge >= 0.3 is 0 Å². The molecule has 0 heterocycles. The summed E-state index contributed by atoms with van der Waals surface area (Å²) in [5, 5.41) is 3.67. The maximum Gasteiger partial charge on any atom is 0.233 e. The van der Waals surface area contributed by atoms with E-state index in [1.807, 2.05) is 31.2 Å². The molecule has 0 aliphatic carbocycles. The van der Waals surface area contributed by atoms with Gasteiger partial charge in [0.15, 0.2) is 0 Å². The van der Waals surface area contributed by atoms with Gasteiger partial charge in [-0.25, -0.2) is 0 Å². The number of benzene rings is 2. The van der Waals surface area contributed by atoms with Crippen LogP contribution in [0.4, 0.5) is 0 Å². The molecule has 23 heavy (non-hydrogen) atoms. The number of carbonyl (C=O) groups excluding carboxylic acids is 1. The van der Waals surface area contributed by atoms with Crippen LogP contribution < -0.4 is 5.32 Å². The maximum atomic E-state index is 12.1. The van der Waals surface area contributed by atoms with Crippen molar-refractivity contribution in [3.05, 3.63) is 64.7 Å². The molecule has 2 aromatic rings. The molecule has 0 saturated heterocycles. The molecular formula is C19H22ClNOS. The number of thioether (sulfide) groups is 1. The number of amides is 1. The third-order valence-corrected chi connectivity index (χ3v) is 4.92. The molecule has 1 amide bonds. The lowest BCUT2D eigenvalue weighted by Gasteiger charge is -2.12. The van der Waals surface area contributed by atoms with Crippen LogP contribution >= 0.6 is 23.4 Å². The van der Waals surface area contributed by atoms with Crippen LogP contribution in [0.2, 0.25) is 5.02 Å². The van der Waals surface area contributed by atoms with Gasteiger partial charge in [0.1, 0.15) is 0 Å². The fourth-order valence-corrected chi connectivity index (χ4v) is 3.19. The Morgan fingerprint density at radius 3 is 2.43 bits per heavy atom. The highest BCUT2D eigenvalue weighted by molar-refractivity contribution is 8.00. The predicted molar refractivity (Wildman–Crippen MR) is 99.3 cm³/mol. The van der Waals surface area contributed by atoms with Crippen molar-refractivity contribution in [1.29, 1.82) is 0 Å². The van der Waals surface area contributed by atoms with E-state index in [1.165, 1.54) is 11.1 Å². The number of nitrogens with one attached hydrogen (secondary N) is 1. The summed E-state index contributed by atoms with van der Waals surface area (Å²) in [5.41, 5.74) is 2.47. The van der Waals surface area contributed by atoms with E-state index in [1.54, 1.807) is 11.8 Å². The Kier molecular flexibility index (Phi) is 7.00. The fourth-order valence-electron chi connectivity index (χ4n) is 2.17. The van der Waals surface area contributed by atoms with Gasteiger partial charge in [-0.05, 0) is 56.5 Å². The SMILES string of the molecule is Cc1ccc(SC(C)C(=O)NCCCc2ccc(Cl)cc2)cc1. The van der Waals surface area contributed by atoms with E-state index in [-0.39, 0.29) is 11.2 Å². The zero-order valence-electron chi connectivity index (χ0n) is 13.5. The minimum atomic E-state index is -0.0896. The highest BCUT2D eigenvalue weighted by Crippen LogP contribution is 2.23. The van der Waals surface area contributed by atoms with Crippen molar-refractivity contribution in [1.82, 2.24) is 5.32 Å². The second-order valence-corrected chi connectivity index (χ2v) is 7.44. The molecule has 0 aliphatic heterocycles. The summed E-state index contributed by atoms with van der Waals surface area (Å²) < 4.78 is 0. The molecule has 2 nitrogen and oxygen atoms in total. The van der Waals surface area contributed by atoms with Gasteiger partial charge < -0.3 is 5.32 Å². The van der Waals surface area contributed by atoms with Crippen molar-refractivity contribution in [2.45, 2.75) is 36.8 Å². The van der Waals surface area contributed by atoms with Crippen LogP contribution in [0.25, 0.3) is 0 Å². The monoisotopic (exact) mass is 347 g/mol. The lowest BCUT2D eigenvalue weighted by Crippen LogP contribution is -2.31. The van der Waals surface area contributed by atoms with Crippen molar-refractivity contribution in [3.8, 4) is 0 Å². The van der Waals surface area contributed by atoms with Crippen LogP contribution in [-0.4, -0.2) is 17.7 Å². The Labute approximate surface area is 147 Å². The third kappa shape index (κ3) is 6.28. The molecule has 0 aromatic heterocycles.